The molecule has 4 aromatic rings. The molecule has 5 amide bonds. The maximum absolute atomic E-state index is 14.0. The first-order chi connectivity index (χ1) is 22.8. The Morgan fingerprint density at radius 3 is 2.23 bits per heavy atom. The van der Waals surface area contributed by atoms with Gasteiger partial charge in [-0.2, -0.15) is 0 Å². The van der Waals surface area contributed by atoms with E-state index in [9.17, 15) is 24.3 Å². The molecular formula is C36H33IN4O6. The van der Waals surface area contributed by atoms with Crippen molar-refractivity contribution in [2.75, 3.05) is 31.8 Å². The van der Waals surface area contributed by atoms with Crippen LogP contribution in [0.15, 0.2) is 97.1 Å². The number of methoxy groups -OCH3 is 1. The zero-order chi connectivity index (χ0) is 33.1. The van der Waals surface area contributed by atoms with Gasteiger partial charge in [-0.1, -0.05) is 78.9 Å². The fourth-order valence-electron chi connectivity index (χ4n) is 6.39. The Kier molecular flexibility index (Phi) is 9.43. The summed E-state index contributed by atoms with van der Waals surface area (Å²) in [7, 11) is 1.51. The Hall–Kier alpha value is -4.91. The maximum Gasteiger partial charge on any atom is 0.408 e. The summed E-state index contributed by atoms with van der Waals surface area (Å²) in [5, 5.41) is 13.3. The number of carboxylic acid groups (broad SMARTS) is 1. The van der Waals surface area contributed by atoms with Crippen molar-refractivity contribution >= 4 is 52.2 Å². The molecular weight excluding hydrogens is 711 g/mol. The molecule has 0 bridgehead atoms. The van der Waals surface area contributed by atoms with E-state index in [1.807, 2.05) is 84.9 Å². The molecule has 1 unspecified atom stereocenters. The van der Waals surface area contributed by atoms with Crippen LogP contribution in [0.4, 0.5) is 15.3 Å². The number of fused-ring (bicyclic) bond motifs is 3. The molecule has 10 nitrogen and oxygen atoms in total. The van der Waals surface area contributed by atoms with E-state index >= 15 is 0 Å². The van der Waals surface area contributed by atoms with E-state index in [0.29, 0.717) is 11.4 Å². The second-order valence-corrected chi connectivity index (χ2v) is 12.6. The molecule has 240 valence electrons. The highest BCUT2D eigenvalue weighted by Gasteiger charge is 2.38. The molecule has 1 heterocycles. The van der Waals surface area contributed by atoms with Gasteiger partial charge >= 0.3 is 12.1 Å². The Balaban J connectivity index is 1.27. The van der Waals surface area contributed by atoms with Crippen molar-refractivity contribution in [2.45, 2.75) is 24.8 Å². The maximum atomic E-state index is 14.0. The third kappa shape index (κ3) is 6.53. The van der Waals surface area contributed by atoms with Crippen LogP contribution in [0.1, 0.15) is 29.0 Å². The quantitative estimate of drug-likeness (QED) is 0.194. The lowest BCUT2D eigenvalue weighted by Crippen LogP contribution is -2.58. The van der Waals surface area contributed by atoms with Crippen LogP contribution in [0.25, 0.3) is 11.1 Å². The summed E-state index contributed by atoms with van der Waals surface area (Å²) in [6.45, 7) is -0.213. The zero-order valence-corrected chi connectivity index (χ0v) is 27.8. The monoisotopic (exact) mass is 744 g/mol. The molecule has 1 saturated heterocycles. The summed E-state index contributed by atoms with van der Waals surface area (Å²) in [5.74, 6) is -0.857. The van der Waals surface area contributed by atoms with Gasteiger partial charge in [-0.05, 0) is 68.6 Å². The first kappa shape index (κ1) is 32.0. The number of benzene rings is 4. The number of amides is 5. The van der Waals surface area contributed by atoms with Crippen molar-refractivity contribution in [1.82, 2.24) is 15.1 Å². The van der Waals surface area contributed by atoms with Crippen molar-refractivity contribution in [3.05, 3.63) is 117 Å². The first-order valence-electron chi connectivity index (χ1n) is 15.2. The average molecular weight is 745 g/mol. The van der Waals surface area contributed by atoms with Crippen LogP contribution >= 0.6 is 22.6 Å². The minimum absolute atomic E-state index is 0.0378. The fourth-order valence-corrected chi connectivity index (χ4v) is 6.87. The van der Waals surface area contributed by atoms with Crippen LogP contribution in [0.3, 0.4) is 0 Å². The number of hydrogen-bond acceptors (Lipinski definition) is 5. The number of halogens is 1. The van der Waals surface area contributed by atoms with Crippen molar-refractivity contribution in [3.63, 3.8) is 0 Å². The third-order valence-corrected chi connectivity index (χ3v) is 9.36. The molecule has 1 aliphatic carbocycles. The molecule has 0 spiro atoms. The summed E-state index contributed by atoms with van der Waals surface area (Å²) < 4.78 is 6.35. The van der Waals surface area contributed by atoms with Gasteiger partial charge in [-0.25, -0.2) is 14.5 Å². The average Bonchev–Trinajstić information content (AvgIpc) is 3.39. The number of carbonyl (C=O) groups is 4. The van der Waals surface area contributed by atoms with Gasteiger partial charge in [0.05, 0.1) is 12.8 Å². The molecule has 1 aliphatic heterocycles. The van der Waals surface area contributed by atoms with Crippen LogP contribution in [0.2, 0.25) is 0 Å². The van der Waals surface area contributed by atoms with E-state index in [-0.39, 0.29) is 31.8 Å². The SMILES string of the molecule is COc1ccc(I)cc1N1CCC(=O)N(CNC(=O)C(Cc2ccccc2)N(CC2c3ccccc3-c3ccccc32)C(=O)O)C1=O. The summed E-state index contributed by atoms with van der Waals surface area (Å²) in [6, 6.07) is 28.6. The van der Waals surface area contributed by atoms with Crippen LogP contribution in [0, 0.1) is 3.57 Å². The summed E-state index contributed by atoms with van der Waals surface area (Å²) in [6.07, 6.45) is -1.10. The topological polar surface area (TPSA) is 119 Å². The molecule has 2 N–H and O–H groups in total. The highest BCUT2D eigenvalue weighted by atomic mass is 127. The third-order valence-electron chi connectivity index (χ3n) is 8.69. The summed E-state index contributed by atoms with van der Waals surface area (Å²) in [4.78, 5) is 57.2. The molecule has 1 atom stereocenters. The van der Waals surface area contributed by atoms with Crippen LogP contribution in [0.5, 0.6) is 5.75 Å². The minimum atomic E-state index is -1.25. The van der Waals surface area contributed by atoms with Gasteiger partial charge in [0.15, 0.2) is 0 Å². The van der Waals surface area contributed by atoms with E-state index in [2.05, 4.69) is 27.9 Å². The number of ether oxygens (including phenoxy) is 1. The molecule has 11 heteroatoms. The van der Waals surface area contributed by atoms with E-state index in [0.717, 1.165) is 36.3 Å². The largest absolute Gasteiger partial charge is 0.495 e. The van der Waals surface area contributed by atoms with Crippen molar-refractivity contribution < 1.29 is 29.0 Å². The second-order valence-electron chi connectivity index (χ2n) is 11.4. The van der Waals surface area contributed by atoms with Gasteiger partial charge in [0.2, 0.25) is 11.8 Å². The number of urea groups is 1. The first-order valence-corrected chi connectivity index (χ1v) is 16.3. The number of rotatable bonds is 10. The highest BCUT2D eigenvalue weighted by molar-refractivity contribution is 14.1. The lowest BCUT2D eigenvalue weighted by Gasteiger charge is -2.36. The Morgan fingerprint density at radius 2 is 1.60 bits per heavy atom. The smallest absolute Gasteiger partial charge is 0.408 e. The van der Waals surface area contributed by atoms with Crippen LogP contribution in [-0.4, -0.2) is 71.8 Å². The molecule has 1 fully saturated rings. The predicted molar refractivity (Wildman–Crippen MR) is 185 cm³/mol. The Bertz CT molecular complexity index is 1790. The number of hydrogen-bond donors (Lipinski definition) is 2. The Morgan fingerprint density at radius 1 is 0.957 bits per heavy atom. The summed E-state index contributed by atoms with van der Waals surface area (Å²) in [5.41, 5.74) is 5.36. The highest BCUT2D eigenvalue weighted by Crippen LogP contribution is 2.45. The second kappa shape index (κ2) is 13.8. The number of carbonyl (C=O) groups excluding carboxylic acids is 3. The van der Waals surface area contributed by atoms with Gasteiger partial charge in [0, 0.05) is 35.4 Å². The lowest BCUT2D eigenvalue weighted by molar-refractivity contribution is -0.131. The zero-order valence-electron chi connectivity index (χ0n) is 25.6. The lowest BCUT2D eigenvalue weighted by atomic mass is 9.95. The van der Waals surface area contributed by atoms with Gasteiger partial charge in [0.25, 0.3) is 0 Å². The van der Waals surface area contributed by atoms with Crippen molar-refractivity contribution in [1.29, 1.82) is 0 Å². The molecule has 0 aromatic heterocycles. The van der Waals surface area contributed by atoms with Crippen LogP contribution < -0.4 is 15.0 Å². The summed E-state index contributed by atoms with van der Waals surface area (Å²) >= 11 is 2.14. The standard InChI is InChI=1S/C36H33IN4O6/c1-47-32-16-15-24(37)20-30(32)39-18-17-33(42)41(35(39)44)22-38-34(43)31(19-23-9-3-2-4-10-23)40(36(45)46)21-29-27-13-7-5-11-25(27)26-12-6-8-14-28(26)29/h2-16,20,29,31H,17-19,21-22H2,1H3,(H,38,43)(H,45,46). The number of nitrogens with zero attached hydrogens (tertiary/aromatic N) is 3. The predicted octanol–water partition coefficient (Wildman–Crippen LogP) is 5.94. The van der Waals surface area contributed by atoms with Gasteiger partial charge < -0.3 is 15.2 Å². The normalized spacial score (nSPS) is 14.8. The Labute approximate surface area is 286 Å². The molecule has 6 rings (SSSR count). The van der Waals surface area contributed by atoms with E-state index in [1.54, 1.807) is 12.1 Å². The van der Waals surface area contributed by atoms with E-state index < -0.39 is 36.6 Å². The van der Waals surface area contributed by atoms with E-state index in [1.165, 1.54) is 16.9 Å². The molecule has 0 saturated carbocycles. The molecule has 47 heavy (non-hydrogen) atoms. The van der Waals surface area contributed by atoms with Gasteiger partial charge in [-0.3, -0.25) is 19.4 Å². The fraction of sp³-hybridized carbons (Fsp3) is 0.222. The number of nitrogens with one attached hydrogen (secondary N) is 1. The minimum Gasteiger partial charge on any atom is -0.495 e. The molecule has 4 aromatic carbocycles. The van der Waals surface area contributed by atoms with Crippen LogP contribution in [-0.2, 0) is 16.0 Å². The molecule has 2 aliphatic rings. The van der Waals surface area contributed by atoms with E-state index in [4.69, 9.17) is 4.74 Å². The van der Waals surface area contributed by atoms with Gasteiger partial charge in [-0.15, -0.1) is 0 Å². The molecule has 0 radical (unpaired) electrons. The number of imide groups is 1. The van der Waals surface area contributed by atoms with Crippen molar-refractivity contribution in [2.24, 2.45) is 0 Å². The van der Waals surface area contributed by atoms with Crippen molar-refractivity contribution in [3.8, 4) is 16.9 Å². The van der Waals surface area contributed by atoms with Gasteiger partial charge in [0.1, 0.15) is 18.5 Å². The number of anilines is 1.